The van der Waals surface area contributed by atoms with Crippen molar-refractivity contribution in [2.75, 3.05) is 5.32 Å². The number of amides is 1. The maximum Gasteiger partial charge on any atom is 0.256 e. The van der Waals surface area contributed by atoms with Gasteiger partial charge in [-0.1, -0.05) is 48.0 Å². The first-order valence-electron chi connectivity index (χ1n) is 9.26. The summed E-state index contributed by atoms with van der Waals surface area (Å²) < 4.78 is 0. The number of ketones is 1. The lowest BCUT2D eigenvalue weighted by molar-refractivity contribution is 0.102. The van der Waals surface area contributed by atoms with Crippen molar-refractivity contribution in [2.45, 2.75) is 32.6 Å². The minimum absolute atomic E-state index is 0.00505. The van der Waals surface area contributed by atoms with E-state index in [1.165, 1.54) is 4.88 Å². The monoisotopic (exact) mass is 375 g/mol. The van der Waals surface area contributed by atoms with Crippen molar-refractivity contribution in [1.82, 2.24) is 0 Å². The number of thiophene rings is 1. The number of aryl methyl sites for hydroxylation is 2. The molecule has 2 aromatic carbocycles. The lowest BCUT2D eigenvalue weighted by Gasteiger charge is -2.12. The molecule has 0 saturated heterocycles. The summed E-state index contributed by atoms with van der Waals surface area (Å²) in [7, 11) is 0. The Morgan fingerprint density at radius 2 is 1.67 bits per heavy atom. The molecule has 0 fully saturated rings. The van der Waals surface area contributed by atoms with Crippen LogP contribution >= 0.6 is 11.3 Å². The second-order valence-corrected chi connectivity index (χ2v) is 8.04. The van der Waals surface area contributed by atoms with Gasteiger partial charge in [-0.25, -0.2) is 0 Å². The summed E-state index contributed by atoms with van der Waals surface area (Å²) in [5, 5.41) is 3.70. The third-order valence-corrected chi connectivity index (χ3v) is 6.15. The normalized spacial score (nSPS) is 13.1. The predicted octanol–water partition coefficient (Wildman–Crippen LogP) is 5.42. The molecule has 0 spiro atoms. The number of benzene rings is 2. The molecule has 0 bridgehead atoms. The lowest BCUT2D eigenvalue weighted by atomic mass is 9.92. The van der Waals surface area contributed by atoms with E-state index in [-0.39, 0.29) is 11.7 Å². The van der Waals surface area contributed by atoms with E-state index in [0.29, 0.717) is 21.7 Å². The molecular weight excluding hydrogens is 354 g/mol. The quantitative estimate of drug-likeness (QED) is 0.619. The highest BCUT2D eigenvalue weighted by molar-refractivity contribution is 7.17. The van der Waals surface area contributed by atoms with Gasteiger partial charge < -0.3 is 5.32 Å². The van der Waals surface area contributed by atoms with Crippen LogP contribution < -0.4 is 5.32 Å². The molecule has 0 saturated carbocycles. The van der Waals surface area contributed by atoms with Gasteiger partial charge in [0.05, 0.1) is 5.56 Å². The van der Waals surface area contributed by atoms with Crippen molar-refractivity contribution in [1.29, 1.82) is 0 Å². The van der Waals surface area contributed by atoms with E-state index in [1.54, 1.807) is 17.4 Å². The molecule has 0 atom stereocenters. The summed E-state index contributed by atoms with van der Waals surface area (Å²) in [6, 6.07) is 16.8. The number of fused-ring (bicyclic) bond motifs is 1. The Morgan fingerprint density at radius 3 is 2.44 bits per heavy atom. The largest absolute Gasteiger partial charge is 0.313 e. The van der Waals surface area contributed by atoms with E-state index < -0.39 is 0 Å². The molecule has 1 aliphatic carbocycles. The summed E-state index contributed by atoms with van der Waals surface area (Å²) in [5.41, 5.74) is 4.12. The summed E-state index contributed by atoms with van der Waals surface area (Å²) in [4.78, 5) is 27.2. The summed E-state index contributed by atoms with van der Waals surface area (Å²) >= 11 is 1.56. The fourth-order valence-electron chi connectivity index (χ4n) is 3.59. The first-order chi connectivity index (χ1) is 13.1. The fourth-order valence-corrected chi connectivity index (χ4v) is 4.87. The lowest BCUT2D eigenvalue weighted by Crippen LogP contribution is -2.15. The summed E-state index contributed by atoms with van der Waals surface area (Å²) in [6.07, 6.45) is 4.11. The van der Waals surface area contributed by atoms with Crippen molar-refractivity contribution < 1.29 is 9.59 Å². The van der Waals surface area contributed by atoms with Crippen LogP contribution in [0.2, 0.25) is 0 Å². The zero-order valence-corrected chi connectivity index (χ0v) is 16.1. The highest BCUT2D eigenvalue weighted by Crippen LogP contribution is 2.39. The Kier molecular flexibility index (Phi) is 4.90. The van der Waals surface area contributed by atoms with E-state index >= 15 is 0 Å². The van der Waals surface area contributed by atoms with Gasteiger partial charge in [0.15, 0.2) is 5.78 Å². The van der Waals surface area contributed by atoms with Crippen LogP contribution in [0.1, 0.15) is 55.1 Å². The molecule has 0 radical (unpaired) electrons. The Hall–Kier alpha value is -2.72. The van der Waals surface area contributed by atoms with Gasteiger partial charge in [0.2, 0.25) is 0 Å². The van der Waals surface area contributed by atoms with E-state index in [9.17, 15) is 9.59 Å². The van der Waals surface area contributed by atoms with Crippen LogP contribution in [0.15, 0.2) is 54.6 Å². The first-order valence-corrected chi connectivity index (χ1v) is 10.1. The van der Waals surface area contributed by atoms with Crippen LogP contribution in [0.4, 0.5) is 5.00 Å². The number of carbonyl (C=O) groups is 2. The van der Waals surface area contributed by atoms with Crippen LogP contribution in [0.5, 0.6) is 0 Å². The van der Waals surface area contributed by atoms with Gasteiger partial charge in [0.25, 0.3) is 5.91 Å². The molecule has 4 rings (SSSR count). The molecule has 1 aromatic heterocycles. The van der Waals surface area contributed by atoms with Crippen LogP contribution in [0.3, 0.4) is 0 Å². The van der Waals surface area contributed by atoms with Crippen molar-refractivity contribution in [3.63, 3.8) is 0 Å². The number of hydrogen-bond donors (Lipinski definition) is 1. The van der Waals surface area contributed by atoms with E-state index in [4.69, 9.17) is 0 Å². The maximum absolute atomic E-state index is 13.2. The fraction of sp³-hybridized carbons (Fsp3) is 0.217. The van der Waals surface area contributed by atoms with Gasteiger partial charge in [0.1, 0.15) is 5.00 Å². The molecule has 1 heterocycles. The molecule has 1 aliphatic rings. The standard InChI is InChI=1S/C23H21NO2S/c1-15-8-7-11-17(14-15)22(26)24-23-20(18-12-5-6-13-19(18)27-23)21(25)16-9-3-2-4-10-16/h2-4,7-11,14H,5-6,12-13H2,1H3,(H,24,26). The zero-order valence-electron chi connectivity index (χ0n) is 15.2. The van der Waals surface area contributed by atoms with Gasteiger partial charge >= 0.3 is 0 Å². The minimum atomic E-state index is -0.167. The molecule has 4 heteroatoms. The molecule has 1 N–H and O–H groups in total. The average Bonchev–Trinajstić information content (AvgIpc) is 3.06. The topological polar surface area (TPSA) is 46.2 Å². The Labute approximate surface area is 163 Å². The van der Waals surface area contributed by atoms with Gasteiger partial charge in [0, 0.05) is 16.0 Å². The summed E-state index contributed by atoms with van der Waals surface area (Å²) in [6.45, 7) is 1.96. The van der Waals surface area contributed by atoms with Crippen molar-refractivity contribution in [3.8, 4) is 0 Å². The van der Waals surface area contributed by atoms with Crippen molar-refractivity contribution >= 4 is 28.0 Å². The highest BCUT2D eigenvalue weighted by Gasteiger charge is 2.27. The molecule has 0 unspecified atom stereocenters. The number of nitrogens with one attached hydrogen (secondary N) is 1. The third-order valence-electron chi connectivity index (χ3n) is 4.94. The van der Waals surface area contributed by atoms with Crippen LogP contribution in [-0.2, 0) is 12.8 Å². The minimum Gasteiger partial charge on any atom is -0.313 e. The highest BCUT2D eigenvalue weighted by atomic mass is 32.1. The molecule has 3 aromatic rings. The van der Waals surface area contributed by atoms with Crippen molar-refractivity contribution in [2.24, 2.45) is 0 Å². The van der Waals surface area contributed by atoms with Gasteiger partial charge in [-0.2, -0.15) is 0 Å². The predicted molar refractivity (Wildman–Crippen MR) is 110 cm³/mol. The Balaban J connectivity index is 1.73. The summed E-state index contributed by atoms with van der Waals surface area (Å²) in [5.74, 6) is -0.172. The van der Waals surface area contributed by atoms with Crippen LogP contribution in [-0.4, -0.2) is 11.7 Å². The second kappa shape index (κ2) is 7.49. The molecule has 27 heavy (non-hydrogen) atoms. The smallest absolute Gasteiger partial charge is 0.256 e. The number of carbonyl (C=O) groups excluding carboxylic acids is 2. The van der Waals surface area contributed by atoms with Crippen LogP contribution in [0, 0.1) is 6.92 Å². The van der Waals surface area contributed by atoms with Gasteiger partial charge in [-0.15, -0.1) is 11.3 Å². The van der Waals surface area contributed by atoms with Crippen molar-refractivity contribution in [3.05, 3.63) is 87.3 Å². The number of anilines is 1. The molecule has 0 aliphatic heterocycles. The SMILES string of the molecule is Cc1cccc(C(=O)Nc2sc3c(c2C(=O)c2ccccc2)CCCC3)c1. The zero-order chi connectivity index (χ0) is 18.8. The Morgan fingerprint density at radius 1 is 0.926 bits per heavy atom. The number of rotatable bonds is 4. The maximum atomic E-state index is 13.2. The van der Waals surface area contributed by atoms with Crippen LogP contribution in [0.25, 0.3) is 0 Å². The van der Waals surface area contributed by atoms with E-state index in [1.807, 2.05) is 55.5 Å². The molecule has 1 amide bonds. The van der Waals surface area contributed by atoms with E-state index in [0.717, 1.165) is 36.8 Å². The Bertz CT molecular complexity index is 1000. The molecule has 136 valence electrons. The molecular formula is C23H21NO2S. The average molecular weight is 375 g/mol. The number of hydrogen-bond acceptors (Lipinski definition) is 3. The third kappa shape index (κ3) is 3.58. The second-order valence-electron chi connectivity index (χ2n) is 6.93. The van der Waals surface area contributed by atoms with Gasteiger partial charge in [-0.05, 0) is 50.3 Å². The van der Waals surface area contributed by atoms with E-state index in [2.05, 4.69) is 5.32 Å². The molecule has 3 nitrogen and oxygen atoms in total. The van der Waals surface area contributed by atoms with Gasteiger partial charge in [-0.3, -0.25) is 9.59 Å². The first kappa shape index (κ1) is 17.7.